The van der Waals surface area contributed by atoms with Crippen LogP contribution in [0.1, 0.15) is 33.1 Å². The number of carbonyl (C=O) groups is 1. The molecule has 176 valence electrons. The molecule has 1 amide bonds. The van der Waals surface area contributed by atoms with Crippen LogP contribution in [0.25, 0.3) is 5.70 Å². The van der Waals surface area contributed by atoms with Crippen molar-refractivity contribution in [3.63, 3.8) is 0 Å². The van der Waals surface area contributed by atoms with Crippen molar-refractivity contribution in [2.24, 2.45) is 0 Å². The predicted octanol–water partition coefficient (Wildman–Crippen LogP) is 5.70. The SMILES string of the molecule is COc1ccc(C(=O)Nc2nc3n(n2)C(c2c(F)cccc2Cl)C=C(c2ccc(C)cc2)N3)cc1. The van der Waals surface area contributed by atoms with Crippen molar-refractivity contribution in [2.45, 2.75) is 13.0 Å². The second-order valence-electron chi connectivity index (χ2n) is 8.04. The quantitative estimate of drug-likeness (QED) is 0.376. The van der Waals surface area contributed by atoms with Crippen molar-refractivity contribution in [2.75, 3.05) is 17.7 Å². The van der Waals surface area contributed by atoms with Gasteiger partial charge in [-0.15, -0.1) is 5.10 Å². The fourth-order valence-corrected chi connectivity index (χ4v) is 4.14. The van der Waals surface area contributed by atoms with Crippen LogP contribution in [0.3, 0.4) is 0 Å². The number of anilines is 2. The average Bonchev–Trinajstić information content (AvgIpc) is 3.26. The first-order chi connectivity index (χ1) is 16.9. The smallest absolute Gasteiger partial charge is 0.258 e. The largest absolute Gasteiger partial charge is 0.497 e. The summed E-state index contributed by atoms with van der Waals surface area (Å²) in [6.07, 6.45) is 1.84. The Morgan fingerprint density at radius 2 is 1.86 bits per heavy atom. The number of carbonyl (C=O) groups excluding carboxylic acids is 1. The number of rotatable bonds is 5. The van der Waals surface area contributed by atoms with Gasteiger partial charge in [0.05, 0.1) is 7.11 Å². The van der Waals surface area contributed by atoms with Crippen LogP contribution in [0.2, 0.25) is 5.02 Å². The summed E-state index contributed by atoms with van der Waals surface area (Å²) in [5.41, 5.74) is 3.41. The van der Waals surface area contributed by atoms with Crippen molar-refractivity contribution in [1.82, 2.24) is 14.8 Å². The summed E-state index contributed by atoms with van der Waals surface area (Å²) in [6, 6.07) is 18.4. The third kappa shape index (κ3) is 4.48. The fraction of sp³-hybridized carbons (Fsp3) is 0.115. The molecule has 1 aliphatic rings. The number of hydrogen-bond donors (Lipinski definition) is 2. The Morgan fingerprint density at radius 1 is 1.11 bits per heavy atom. The number of ether oxygens (including phenoxy) is 1. The highest BCUT2D eigenvalue weighted by atomic mass is 35.5. The number of aryl methyl sites for hydroxylation is 1. The van der Waals surface area contributed by atoms with E-state index in [9.17, 15) is 9.18 Å². The van der Waals surface area contributed by atoms with E-state index >= 15 is 0 Å². The maximum Gasteiger partial charge on any atom is 0.258 e. The van der Waals surface area contributed by atoms with Crippen molar-refractivity contribution in [3.8, 4) is 5.75 Å². The van der Waals surface area contributed by atoms with Gasteiger partial charge in [0.15, 0.2) is 0 Å². The molecule has 4 aromatic rings. The van der Waals surface area contributed by atoms with Crippen LogP contribution in [0, 0.1) is 12.7 Å². The first-order valence-corrected chi connectivity index (χ1v) is 11.2. The van der Waals surface area contributed by atoms with E-state index in [1.165, 1.54) is 10.7 Å². The molecule has 7 nitrogen and oxygen atoms in total. The van der Waals surface area contributed by atoms with Gasteiger partial charge in [-0.05, 0) is 55.0 Å². The predicted molar refractivity (Wildman–Crippen MR) is 133 cm³/mol. The minimum atomic E-state index is -0.685. The van der Waals surface area contributed by atoms with Gasteiger partial charge in [-0.3, -0.25) is 10.1 Å². The molecule has 1 aliphatic heterocycles. The zero-order valence-electron chi connectivity index (χ0n) is 18.9. The lowest BCUT2D eigenvalue weighted by Crippen LogP contribution is -2.21. The summed E-state index contributed by atoms with van der Waals surface area (Å²) >= 11 is 6.41. The highest BCUT2D eigenvalue weighted by Gasteiger charge is 2.29. The third-order valence-corrected chi connectivity index (χ3v) is 6.03. The van der Waals surface area contributed by atoms with Gasteiger partial charge in [-0.2, -0.15) is 4.98 Å². The van der Waals surface area contributed by atoms with Crippen molar-refractivity contribution < 1.29 is 13.9 Å². The lowest BCUT2D eigenvalue weighted by atomic mass is 10.0. The molecule has 2 heterocycles. The number of nitrogens with one attached hydrogen (secondary N) is 2. The van der Waals surface area contributed by atoms with E-state index in [-0.39, 0.29) is 22.4 Å². The van der Waals surface area contributed by atoms with Crippen LogP contribution in [0.15, 0.2) is 72.8 Å². The van der Waals surface area contributed by atoms with Crippen LogP contribution in [0.4, 0.5) is 16.3 Å². The number of aromatic nitrogens is 3. The molecule has 0 bridgehead atoms. The Morgan fingerprint density at radius 3 is 2.54 bits per heavy atom. The third-order valence-electron chi connectivity index (χ3n) is 5.70. The summed E-state index contributed by atoms with van der Waals surface area (Å²) in [4.78, 5) is 17.2. The molecule has 0 radical (unpaired) electrons. The molecule has 5 rings (SSSR count). The number of fused-ring (bicyclic) bond motifs is 1. The molecular weight excluding hydrogens is 469 g/mol. The molecule has 1 aromatic heterocycles. The summed E-state index contributed by atoms with van der Waals surface area (Å²) in [6.45, 7) is 2.00. The Hall–Kier alpha value is -4.17. The molecule has 0 fully saturated rings. The van der Waals surface area contributed by atoms with Gasteiger partial charge in [0.1, 0.15) is 17.6 Å². The molecule has 1 atom stereocenters. The van der Waals surface area contributed by atoms with E-state index < -0.39 is 11.9 Å². The van der Waals surface area contributed by atoms with Crippen molar-refractivity contribution >= 4 is 35.1 Å². The van der Waals surface area contributed by atoms with Gasteiger partial charge in [0.25, 0.3) is 11.9 Å². The summed E-state index contributed by atoms with van der Waals surface area (Å²) in [5.74, 6) is 0.208. The molecule has 35 heavy (non-hydrogen) atoms. The Kier molecular flexibility index (Phi) is 5.96. The van der Waals surface area contributed by atoms with Crippen molar-refractivity contribution in [1.29, 1.82) is 0 Å². The Labute approximate surface area is 206 Å². The number of benzene rings is 3. The van der Waals surface area contributed by atoms with Gasteiger partial charge in [0.2, 0.25) is 5.95 Å². The normalized spacial score (nSPS) is 14.5. The topological polar surface area (TPSA) is 81.1 Å². The maximum atomic E-state index is 14.9. The van der Waals surface area contributed by atoms with Crippen LogP contribution in [-0.4, -0.2) is 27.8 Å². The van der Waals surface area contributed by atoms with Crippen molar-refractivity contribution in [3.05, 3.63) is 106 Å². The molecule has 0 saturated carbocycles. The average molecular weight is 490 g/mol. The van der Waals surface area contributed by atoms with E-state index in [0.29, 0.717) is 17.3 Å². The van der Waals surface area contributed by atoms with E-state index in [4.69, 9.17) is 16.3 Å². The van der Waals surface area contributed by atoms with E-state index in [1.54, 1.807) is 43.5 Å². The minimum Gasteiger partial charge on any atom is -0.497 e. The Balaban J connectivity index is 1.52. The van der Waals surface area contributed by atoms with E-state index in [1.807, 2.05) is 37.3 Å². The summed E-state index contributed by atoms with van der Waals surface area (Å²) in [5, 5.41) is 10.7. The highest BCUT2D eigenvalue weighted by molar-refractivity contribution is 6.31. The monoisotopic (exact) mass is 489 g/mol. The summed E-state index contributed by atoms with van der Waals surface area (Å²) < 4.78 is 21.6. The van der Waals surface area contributed by atoms with Gasteiger partial charge in [-0.25, -0.2) is 9.07 Å². The molecule has 3 aromatic carbocycles. The molecule has 2 N–H and O–H groups in total. The molecule has 1 unspecified atom stereocenters. The lowest BCUT2D eigenvalue weighted by molar-refractivity contribution is 0.102. The number of nitrogens with zero attached hydrogens (tertiary/aromatic N) is 3. The second-order valence-corrected chi connectivity index (χ2v) is 8.44. The number of amides is 1. The lowest BCUT2D eigenvalue weighted by Gasteiger charge is -2.25. The number of hydrogen-bond acceptors (Lipinski definition) is 5. The fourth-order valence-electron chi connectivity index (χ4n) is 3.86. The van der Waals surface area contributed by atoms with Crippen LogP contribution in [-0.2, 0) is 0 Å². The van der Waals surface area contributed by atoms with Crippen LogP contribution >= 0.6 is 11.6 Å². The first-order valence-electron chi connectivity index (χ1n) is 10.8. The minimum absolute atomic E-state index is 0.0735. The van der Waals surface area contributed by atoms with Crippen LogP contribution < -0.4 is 15.4 Å². The highest BCUT2D eigenvalue weighted by Crippen LogP contribution is 2.37. The molecule has 9 heteroatoms. The number of methoxy groups -OCH3 is 1. The van der Waals surface area contributed by atoms with Gasteiger partial charge in [0, 0.05) is 21.8 Å². The van der Waals surface area contributed by atoms with Gasteiger partial charge in [-0.1, -0.05) is 47.5 Å². The van der Waals surface area contributed by atoms with Gasteiger partial charge < -0.3 is 10.1 Å². The first kappa shape index (κ1) is 22.6. The standard InChI is InChI=1S/C26H21ClFN5O2/c1-15-6-8-16(9-7-15)21-14-22(23-19(27)4-3-5-20(23)28)33-26(29-21)31-25(32-33)30-24(34)17-10-12-18(35-2)13-11-17/h3-14,22H,1-2H3,(H2,29,30,31,32,34). The molecule has 0 spiro atoms. The number of allylic oxidation sites excluding steroid dienone is 1. The Bertz CT molecular complexity index is 1410. The molecule has 0 aliphatic carbocycles. The van der Waals surface area contributed by atoms with E-state index in [0.717, 1.165) is 16.8 Å². The van der Waals surface area contributed by atoms with Crippen LogP contribution in [0.5, 0.6) is 5.75 Å². The molecule has 0 saturated heterocycles. The molecular formula is C26H21ClFN5O2. The van der Waals surface area contributed by atoms with Gasteiger partial charge >= 0.3 is 0 Å². The zero-order valence-corrected chi connectivity index (χ0v) is 19.7. The summed E-state index contributed by atoms with van der Waals surface area (Å²) in [7, 11) is 1.55. The number of halogens is 2. The maximum absolute atomic E-state index is 14.9. The van der Waals surface area contributed by atoms with E-state index in [2.05, 4.69) is 20.7 Å². The second kappa shape index (κ2) is 9.23. The zero-order chi connectivity index (χ0) is 24.5.